The number of piperazine rings is 1. The van der Waals surface area contributed by atoms with Crippen molar-refractivity contribution in [3.8, 4) is 11.5 Å². The molecule has 0 unspecified atom stereocenters. The Balaban J connectivity index is 1.30. The first-order valence-electron chi connectivity index (χ1n) is 11.5. The lowest BCUT2D eigenvalue weighted by Crippen LogP contribution is -2.49. The smallest absolute Gasteiger partial charge is 0.142 e. The van der Waals surface area contributed by atoms with Crippen LogP contribution in [0.4, 0.5) is 5.69 Å². The minimum absolute atomic E-state index is 0.138. The Kier molecular flexibility index (Phi) is 8.79. The van der Waals surface area contributed by atoms with Crippen LogP contribution in [0.15, 0.2) is 48.5 Å². The van der Waals surface area contributed by atoms with E-state index in [1.807, 2.05) is 30.3 Å². The van der Waals surface area contributed by atoms with E-state index in [1.54, 1.807) is 7.11 Å². The summed E-state index contributed by atoms with van der Waals surface area (Å²) in [7, 11) is 1.71. The van der Waals surface area contributed by atoms with Crippen LogP contribution >= 0.6 is 0 Å². The van der Waals surface area contributed by atoms with Crippen LogP contribution in [-0.2, 0) is 10.2 Å². The highest BCUT2D eigenvalue weighted by Gasteiger charge is 2.21. The molecule has 1 atom stereocenters. The number of hydrogen-bond donors (Lipinski definition) is 1. The summed E-state index contributed by atoms with van der Waals surface area (Å²) < 4.78 is 16.9. The lowest BCUT2D eigenvalue weighted by atomic mass is 9.87. The molecule has 1 N–H and O–H groups in total. The maximum absolute atomic E-state index is 10.3. The SMILES string of the molecule is COc1ccccc1N1CCN(C[C@@H](O)COCCOc2ccc(C(C)(C)C)cc2)CC1. The van der Waals surface area contributed by atoms with Crippen molar-refractivity contribution in [1.29, 1.82) is 0 Å². The van der Waals surface area contributed by atoms with Gasteiger partial charge in [-0.1, -0.05) is 45.0 Å². The molecule has 0 radical (unpaired) electrons. The van der Waals surface area contributed by atoms with Crippen molar-refractivity contribution >= 4 is 5.69 Å². The summed E-state index contributed by atoms with van der Waals surface area (Å²) >= 11 is 0. The quantitative estimate of drug-likeness (QED) is 0.568. The fourth-order valence-electron chi connectivity index (χ4n) is 3.90. The Morgan fingerprint density at radius 2 is 1.62 bits per heavy atom. The average Bonchev–Trinajstić information content (AvgIpc) is 2.79. The highest BCUT2D eigenvalue weighted by Crippen LogP contribution is 2.28. The van der Waals surface area contributed by atoms with Gasteiger partial charge in [0.1, 0.15) is 18.1 Å². The zero-order valence-electron chi connectivity index (χ0n) is 19.9. The van der Waals surface area contributed by atoms with E-state index in [9.17, 15) is 5.11 Å². The molecular weight excluding hydrogens is 404 g/mol. The summed E-state index contributed by atoms with van der Waals surface area (Å²) in [4.78, 5) is 4.62. The third-order valence-corrected chi connectivity index (χ3v) is 5.79. The van der Waals surface area contributed by atoms with Gasteiger partial charge in [-0.25, -0.2) is 0 Å². The van der Waals surface area contributed by atoms with Gasteiger partial charge < -0.3 is 24.2 Å². The molecule has 0 aromatic heterocycles. The first-order chi connectivity index (χ1) is 15.4. The van der Waals surface area contributed by atoms with Crippen molar-refractivity contribution in [3.63, 3.8) is 0 Å². The Hall–Kier alpha value is -2.28. The van der Waals surface area contributed by atoms with Crippen molar-refractivity contribution in [2.75, 3.05) is 64.6 Å². The van der Waals surface area contributed by atoms with Gasteiger partial charge in [0.15, 0.2) is 0 Å². The molecule has 2 aromatic rings. The highest BCUT2D eigenvalue weighted by molar-refractivity contribution is 5.58. The Labute approximate surface area is 192 Å². The third kappa shape index (κ3) is 7.12. The number of aliphatic hydroxyl groups is 1. The van der Waals surface area contributed by atoms with Crippen molar-refractivity contribution in [2.45, 2.75) is 32.3 Å². The number of hydrogen-bond acceptors (Lipinski definition) is 6. The number of β-amino-alcohol motifs (C(OH)–C–C–N with tert-alkyl or cyclic N) is 1. The lowest BCUT2D eigenvalue weighted by molar-refractivity contribution is 0.00717. The molecule has 1 aliphatic rings. The summed E-state index contributed by atoms with van der Waals surface area (Å²) in [5.41, 5.74) is 2.55. The van der Waals surface area contributed by atoms with E-state index in [4.69, 9.17) is 14.2 Å². The van der Waals surface area contributed by atoms with Gasteiger partial charge in [0.25, 0.3) is 0 Å². The molecule has 3 rings (SSSR count). The maximum Gasteiger partial charge on any atom is 0.142 e. The van der Waals surface area contributed by atoms with Crippen molar-refractivity contribution < 1.29 is 19.3 Å². The molecule has 1 aliphatic heterocycles. The number of rotatable bonds is 10. The summed E-state index contributed by atoms with van der Waals surface area (Å²) in [6.45, 7) is 12.1. The van der Waals surface area contributed by atoms with E-state index < -0.39 is 6.10 Å². The fourth-order valence-corrected chi connectivity index (χ4v) is 3.90. The summed E-state index contributed by atoms with van der Waals surface area (Å²) in [5, 5.41) is 10.3. The molecule has 0 aliphatic carbocycles. The van der Waals surface area contributed by atoms with Gasteiger partial charge in [0.2, 0.25) is 0 Å². The molecular formula is C26H38N2O4. The second kappa shape index (κ2) is 11.5. The van der Waals surface area contributed by atoms with E-state index in [2.05, 4.69) is 48.8 Å². The van der Waals surface area contributed by atoms with Crippen LogP contribution < -0.4 is 14.4 Å². The van der Waals surface area contributed by atoms with Gasteiger partial charge in [0.05, 0.1) is 32.1 Å². The Bertz CT molecular complexity index is 811. The van der Waals surface area contributed by atoms with Crippen molar-refractivity contribution in [1.82, 2.24) is 4.90 Å². The molecule has 0 amide bonds. The minimum Gasteiger partial charge on any atom is -0.495 e. The van der Waals surface area contributed by atoms with Crippen LogP contribution in [0.5, 0.6) is 11.5 Å². The molecule has 0 bridgehead atoms. The molecule has 6 nitrogen and oxygen atoms in total. The molecule has 1 heterocycles. The van der Waals surface area contributed by atoms with Gasteiger partial charge in [-0.2, -0.15) is 0 Å². The van der Waals surface area contributed by atoms with E-state index in [1.165, 1.54) is 5.56 Å². The highest BCUT2D eigenvalue weighted by atomic mass is 16.5. The fraction of sp³-hybridized carbons (Fsp3) is 0.538. The molecule has 1 fully saturated rings. The van der Waals surface area contributed by atoms with Gasteiger partial charge in [-0.05, 0) is 35.2 Å². The number of aliphatic hydroxyl groups excluding tert-OH is 1. The average molecular weight is 443 g/mol. The number of anilines is 1. The van der Waals surface area contributed by atoms with Gasteiger partial charge in [-0.15, -0.1) is 0 Å². The predicted molar refractivity (Wildman–Crippen MR) is 129 cm³/mol. The number of ether oxygens (including phenoxy) is 3. The largest absolute Gasteiger partial charge is 0.495 e. The molecule has 2 aromatic carbocycles. The Morgan fingerprint density at radius 1 is 0.938 bits per heavy atom. The molecule has 0 saturated carbocycles. The number of nitrogens with zero attached hydrogens (tertiary/aromatic N) is 2. The second-order valence-electron chi connectivity index (χ2n) is 9.31. The van der Waals surface area contributed by atoms with Crippen LogP contribution in [0.3, 0.4) is 0 Å². The van der Waals surface area contributed by atoms with Crippen LogP contribution in [0, 0.1) is 0 Å². The predicted octanol–water partition coefficient (Wildman–Crippen LogP) is 3.57. The monoisotopic (exact) mass is 442 g/mol. The summed E-state index contributed by atoms with van der Waals surface area (Å²) in [6.07, 6.45) is -0.501. The third-order valence-electron chi connectivity index (χ3n) is 5.79. The first-order valence-corrected chi connectivity index (χ1v) is 11.5. The van der Waals surface area contributed by atoms with Crippen LogP contribution in [-0.4, -0.2) is 75.8 Å². The molecule has 1 saturated heterocycles. The van der Waals surface area contributed by atoms with E-state index in [0.717, 1.165) is 43.4 Å². The van der Waals surface area contributed by atoms with E-state index in [0.29, 0.717) is 26.4 Å². The summed E-state index contributed by atoms with van der Waals surface area (Å²) in [5.74, 6) is 1.75. The van der Waals surface area contributed by atoms with Crippen molar-refractivity contribution in [3.05, 3.63) is 54.1 Å². The first kappa shape index (κ1) is 24.4. The van der Waals surface area contributed by atoms with Crippen LogP contribution in [0.25, 0.3) is 0 Å². The minimum atomic E-state index is -0.501. The maximum atomic E-state index is 10.3. The van der Waals surface area contributed by atoms with Crippen LogP contribution in [0.1, 0.15) is 26.3 Å². The molecule has 6 heteroatoms. The topological polar surface area (TPSA) is 54.4 Å². The van der Waals surface area contributed by atoms with Gasteiger partial charge in [0, 0.05) is 32.7 Å². The zero-order valence-corrected chi connectivity index (χ0v) is 19.9. The summed E-state index contributed by atoms with van der Waals surface area (Å²) in [6, 6.07) is 16.3. The Morgan fingerprint density at radius 3 is 2.28 bits per heavy atom. The standard InChI is InChI=1S/C26H38N2O4/c1-26(2,3)21-9-11-23(12-10-21)32-18-17-31-20-22(29)19-27-13-15-28(16-14-27)24-7-5-6-8-25(24)30-4/h5-12,22,29H,13-20H2,1-4H3/t22-/m1/s1. The van der Waals surface area contributed by atoms with Crippen LogP contribution in [0.2, 0.25) is 0 Å². The molecule has 0 spiro atoms. The number of benzene rings is 2. The second-order valence-corrected chi connectivity index (χ2v) is 9.31. The normalized spacial score (nSPS) is 16.1. The van der Waals surface area contributed by atoms with E-state index >= 15 is 0 Å². The lowest BCUT2D eigenvalue weighted by Gasteiger charge is -2.37. The van der Waals surface area contributed by atoms with E-state index in [-0.39, 0.29) is 5.41 Å². The number of methoxy groups -OCH3 is 1. The van der Waals surface area contributed by atoms with Crippen molar-refractivity contribution in [2.24, 2.45) is 0 Å². The van der Waals surface area contributed by atoms with Gasteiger partial charge in [-0.3, -0.25) is 4.90 Å². The van der Waals surface area contributed by atoms with Gasteiger partial charge >= 0.3 is 0 Å². The molecule has 176 valence electrons. The molecule has 32 heavy (non-hydrogen) atoms. The number of para-hydroxylation sites is 2. The zero-order chi connectivity index (χ0) is 23.0.